The monoisotopic (exact) mass is 411 g/mol. The predicted molar refractivity (Wildman–Crippen MR) is 122 cm³/mol. The molecule has 0 unspecified atom stereocenters. The number of para-hydroxylation sites is 2. The Kier molecular flexibility index (Phi) is 2.97. The van der Waals surface area contributed by atoms with E-state index in [-0.39, 0.29) is 6.92 Å². The fourth-order valence-electron chi connectivity index (χ4n) is 5.01. The molecular formula is C24H12BCl2NO. The molecule has 0 N–H and O–H groups in total. The number of halogens is 2. The van der Waals surface area contributed by atoms with Crippen LogP contribution < -0.4 is 15.6 Å². The van der Waals surface area contributed by atoms with Crippen LogP contribution in [0.1, 0.15) is 0 Å². The van der Waals surface area contributed by atoms with Gasteiger partial charge in [-0.1, -0.05) is 59.6 Å². The lowest BCUT2D eigenvalue weighted by Crippen LogP contribution is -2.54. The van der Waals surface area contributed by atoms with Crippen molar-refractivity contribution in [2.24, 2.45) is 0 Å². The summed E-state index contributed by atoms with van der Waals surface area (Å²) in [5.74, 6) is 0.892. The van der Waals surface area contributed by atoms with Crippen molar-refractivity contribution in [2.75, 3.05) is 0 Å². The van der Waals surface area contributed by atoms with Crippen molar-refractivity contribution in [3.8, 4) is 22.6 Å². The highest BCUT2D eigenvalue weighted by molar-refractivity contribution is 6.85. The van der Waals surface area contributed by atoms with Gasteiger partial charge < -0.3 is 9.22 Å². The van der Waals surface area contributed by atoms with Crippen LogP contribution in [0.4, 0.5) is 0 Å². The highest BCUT2D eigenvalue weighted by Crippen LogP contribution is 2.41. The zero-order valence-electron chi connectivity index (χ0n) is 15.1. The molecule has 0 amide bonds. The van der Waals surface area contributed by atoms with E-state index in [9.17, 15) is 0 Å². The number of hydrogen-bond donors (Lipinski definition) is 0. The lowest BCUT2D eigenvalue weighted by atomic mass is 9.50. The first-order chi connectivity index (χ1) is 14.2. The summed E-state index contributed by atoms with van der Waals surface area (Å²) in [5, 5.41) is 3.77. The van der Waals surface area contributed by atoms with Crippen LogP contribution in [0, 0.1) is 0 Å². The molecule has 4 aromatic carbocycles. The zero-order chi connectivity index (χ0) is 19.3. The molecule has 0 atom stereocenters. The first-order valence-electron chi connectivity index (χ1n) is 9.53. The molecule has 2 aliphatic heterocycles. The molecule has 2 nitrogen and oxygen atoms in total. The average Bonchev–Trinajstić information content (AvgIpc) is 3.06. The number of benzene rings is 4. The average molecular weight is 412 g/mol. The molecule has 0 aliphatic carbocycles. The van der Waals surface area contributed by atoms with Crippen LogP contribution in [-0.4, -0.2) is 11.5 Å². The molecule has 0 saturated heterocycles. The van der Waals surface area contributed by atoms with Gasteiger partial charge in [0, 0.05) is 37.5 Å². The topological polar surface area (TPSA) is 14.2 Å². The van der Waals surface area contributed by atoms with E-state index in [1.807, 2.05) is 36.4 Å². The van der Waals surface area contributed by atoms with Crippen molar-refractivity contribution in [3.05, 3.63) is 82.8 Å². The Labute approximate surface area is 177 Å². The smallest absolute Gasteiger partial charge is 0.431 e. The highest BCUT2D eigenvalue weighted by atomic mass is 35.5. The summed E-state index contributed by atoms with van der Waals surface area (Å²) in [7, 11) is 0. The van der Waals surface area contributed by atoms with Gasteiger partial charge in [0.1, 0.15) is 5.75 Å². The summed E-state index contributed by atoms with van der Waals surface area (Å²) < 4.78 is 8.88. The van der Waals surface area contributed by atoms with Gasteiger partial charge in [-0.2, -0.15) is 0 Å². The van der Waals surface area contributed by atoms with Gasteiger partial charge in [-0.3, -0.25) is 0 Å². The number of aromatic nitrogens is 1. The Hall–Kier alpha value is -2.88. The van der Waals surface area contributed by atoms with Crippen LogP contribution >= 0.6 is 23.2 Å². The summed E-state index contributed by atoms with van der Waals surface area (Å²) >= 11 is 13.0. The second kappa shape index (κ2) is 5.38. The third-order valence-electron chi connectivity index (χ3n) is 6.11. The van der Waals surface area contributed by atoms with E-state index in [0.29, 0.717) is 0 Å². The number of nitrogens with zero attached hydrogens (tertiary/aromatic N) is 1. The standard InChI is InChI=1S/C24H12BCl2NO/c26-13-8-9-20-17(10-13)16-5-3-6-19-24(16)28(20)21-12-14(27)11-18-15-4-1-2-7-22(15)29-25(19)23(18)21/h1-12H. The number of rotatable bonds is 0. The largest absolute Gasteiger partial charge is 0.551 e. The summed E-state index contributed by atoms with van der Waals surface area (Å²) in [5.41, 5.74) is 7.91. The van der Waals surface area contributed by atoms with Gasteiger partial charge in [-0.05, 0) is 47.4 Å². The van der Waals surface area contributed by atoms with Gasteiger partial charge in [-0.15, -0.1) is 0 Å². The molecule has 29 heavy (non-hydrogen) atoms. The predicted octanol–water partition coefficient (Wildman–Crippen LogP) is 5.57. The molecule has 3 heterocycles. The molecular weight excluding hydrogens is 400 g/mol. The first-order valence-corrected chi connectivity index (χ1v) is 10.3. The molecule has 0 bridgehead atoms. The molecule has 0 fully saturated rings. The lowest BCUT2D eigenvalue weighted by Gasteiger charge is -2.33. The van der Waals surface area contributed by atoms with E-state index in [4.69, 9.17) is 27.9 Å². The maximum Gasteiger partial charge on any atom is 0.431 e. The van der Waals surface area contributed by atoms with Crippen LogP contribution in [0.25, 0.3) is 38.6 Å². The third kappa shape index (κ3) is 1.94. The van der Waals surface area contributed by atoms with Gasteiger partial charge in [0.25, 0.3) is 0 Å². The van der Waals surface area contributed by atoms with Crippen molar-refractivity contribution < 1.29 is 4.65 Å². The molecule has 5 aromatic rings. The molecule has 0 radical (unpaired) electrons. The minimum absolute atomic E-state index is 0.164. The van der Waals surface area contributed by atoms with Gasteiger partial charge in [-0.25, -0.2) is 0 Å². The second-order valence-electron chi connectivity index (χ2n) is 7.62. The van der Waals surface area contributed by atoms with Crippen molar-refractivity contribution in [1.82, 2.24) is 4.57 Å². The fourth-order valence-corrected chi connectivity index (χ4v) is 5.40. The molecule has 7 rings (SSSR count). The van der Waals surface area contributed by atoms with Crippen LogP contribution in [0.3, 0.4) is 0 Å². The van der Waals surface area contributed by atoms with E-state index in [2.05, 4.69) is 41.0 Å². The second-order valence-corrected chi connectivity index (χ2v) is 8.49. The number of hydrogen-bond acceptors (Lipinski definition) is 1. The van der Waals surface area contributed by atoms with Crippen LogP contribution in [0.2, 0.25) is 10.0 Å². The van der Waals surface area contributed by atoms with Crippen LogP contribution in [0.15, 0.2) is 72.8 Å². The van der Waals surface area contributed by atoms with Gasteiger partial charge in [0.2, 0.25) is 0 Å². The van der Waals surface area contributed by atoms with E-state index >= 15 is 0 Å². The van der Waals surface area contributed by atoms with E-state index in [1.54, 1.807) is 0 Å². The molecule has 136 valence electrons. The fraction of sp³-hybridized carbons (Fsp3) is 0. The third-order valence-corrected chi connectivity index (χ3v) is 6.56. The molecule has 2 aliphatic rings. The summed E-state index contributed by atoms with van der Waals surface area (Å²) in [6, 6.07) is 24.8. The maximum absolute atomic E-state index is 6.63. The maximum atomic E-state index is 6.63. The quantitative estimate of drug-likeness (QED) is 0.304. The Bertz CT molecular complexity index is 1520. The van der Waals surface area contributed by atoms with E-state index in [1.165, 1.54) is 16.3 Å². The van der Waals surface area contributed by atoms with Crippen LogP contribution in [-0.2, 0) is 0 Å². The van der Waals surface area contributed by atoms with E-state index in [0.717, 1.165) is 49.0 Å². The van der Waals surface area contributed by atoms with Gasteiger partial charge >= 0.3 is 6.92 Å². The Balaban J connectivity index is 1.73. The molecule has 5 heteroatoms. The Morgan fingerprint density at radius 1 is 0.759 bits per heavy atom. The van der Waals surface area contributed by atoms with Crippen molar-refractivity contribution in [2.45, 2.75) is 0 Å². The summed E-state index contributed by atoms with van der Waals surface area (Å²) in [4.78, 5) is 0. The minimum atomic E-state index is -0.164. The molecule has 0 spiro atoms. The van der Waals surface area contributed by atoms with Crippen molar-refractivity contribution in [1.29, 1.82) is 0 Å². The molecule has 1 aromatic heterocycles. The Morgan fingerprint density at radius 3 is 2.59 bits per heavy atom. The van der Waals surface area contributed by atoms with Crippen LogP contribution in [0.5, 0.6) is 5.75 Å². The normalized spacial score (nSPS) is 13.4. The highest BCUT2D eigenvalue weighted by Gasteiger charge is 2.40. The SMILES string of the molecule is Clc1cc2c3c(c1)-n1c4ccc(Cl)cc4c4cccc(c41)B3Oc1ccccc1-2. The van der Waals surface area contributed by atoms with E-state index < -0.39 is 0 Å². The summed E-state index contributed by atoms with van der Waals surface area (Å²) in [6.45, 7) is -0.164. The Morgan fingerprint density at radius 2 is 1.66 bits per heavy atom. The molecule has 0 saturated carbocycles. The van der Waals surface area contributed by atoms with Gasteiger partial charge in [0.05, 0.1) is 11.0 Å². The minimum Gasteiger partial charge on any atom is -0.551 e. The zero-order valence-corrected chi connectivity index (χ0v) is 16.6. The number of fused-ring (bicyclic) bond motifs is 7. The first kappa shape index (κ1) is 16.0. The van der Waals surface area contributed by atoms with Crippen molar-refractivity contribution in [3.63, 3.8) is 0 Å². The lowest BCUT2D eigenvalue weighted by molar-refractivity contribution is 0.590. The van der Waals surface area contributed by atoms with Crippen molar-refractivity contribution >= 4 is 62.8 Å². The summed E-state index contributed by atoms with van der Waals surface area (Å²) in [6.07, 6.45) is 0. The van der Waals surface area contributed by atoms with Gasteiger partial charge in [0.15, 0.2) is 0 Å².